The van der Waals surface area contributed by atoms with E-state index >= 15 is 0 Å². The number of rotatable bonds is 5. The lowest BCUT2D eigenvalue weighted by Crippen LogP contribution is -2.48. The molecule has 0 aromatic heterocycles. The van der Waals surface area contributed by atoms with Crippen molar-refractivity contribution in [2.75, 3.05) is 13.2 Å². The zero-order chi connectivity index (χ0) is 9.72. The molecule has 0 saturated carbocycles. The minimum Gasteiger partial charge on any atom is -0.394 e. The number of aliphatic hydroxyl groups excluding tert-OH is 5. The highest BCUT2D eigenvalue weighted by Crippen LogP contribution is 2.03. The summed E-state index contributed by atoms with van der Waals surface area (Å²) in [5.41, 5.74) is 4.99. The van der Waals surface area contributed by atoms with Crippen LogP contribution in [0, 0.1) is 0 Å². The Kier molecular flexibility index (Phi) is 5.31. The van der Waals surface area contributed by atoms with Gasteiger partial charge < -0.3 is 31.3 Å². The quantitative estimate of drug-likeness (QED) is 0.260. The van der Waals surface area contributed by atoms with E-state index in [1.165, 1.54) is 0 Å². The molecule has 4 atom stereocenters. The van der Waals surface area contributed by atoms with E-state index < -0.39 is 31.0 Å². The predicted molar refractivity (Wildman–Crippen MR) is 40.2 cm³/mol. The summed E-state index contributed by atoms with van der Waals surface area (Å²) in [5, 5.41) is 44.2. The van der Waals surface area contributed by atoms with Crippen LogP contribution in [0.3, 0.4) is 0 Å². The smallest absolute Gasteiger partial charge is 0.111 e. The number of hydrogen-bond acceptors (Lipinski definition) is 6. The number of hydrogen-bond donors (Lipinski definition) is 6. The van der Waals surface area contributed by atoms with Gasteiger partial charge in [0.15, 0.2) is 0 Å². The summed E-state index contributed by atoms with van der Waals surface area (Å²) in [5.74, 6) is 0. The summed E-state index contributed by atoms with van der Waals surface area (Å²) < 4.78 is 0. The maximum atomic E-state index is 9.04. The third-order valence-corrected chi connectivity index (χ3v) is 1.57. The molecule has 0 aromatic carbocycles. The van der Waals surface area contributed by atoms with Crippen molar-refractivity contribution in [3.63, 3.8) is 0 Å². The van der Waals surface area contributed by atoms with Crippen molar-refractivity contribution in [2.45, 2.75) is 24.4 Å². The Morgan fingerprint density at radius 2 is 1.33 bits per heavy atom. The van der Waals surface area contributed by atoms with Gasteiger partial charge in [-0.15, -0.1) is 0 Å². The van der Waals surface area contributed by atoms with Crippen LogP contribution in [0.15, 0.2) is 0 Å². The molecule has 74 valence electrons. The largest absolute Gasteiger partial charge is 0.394 e. The van der Waals surface area contributed by atoms with Crippen LogP contribution in [-0.2, 0) is 0 Å². The molecule has 0 aromatic rings. The lowest BCUT2D eigenvalue weighted by Gasteiger charge is -2.24. The van der Waals surface area contributed by atoms with Crippen LogP contribution in [0.25, 0.3) is 0 Å². The molecule has 0 aliphatic carbocycles. The molecule has 7 N–H and O–H groups in total. The Morgan fingerprint density at radius 1 is 0.917 bits per heavy atom. The molecular weight excluding hydrogens is 166 g/mol. The molecule has 0 rings (SSSR count). The molecule has 0 spiro atoms. The van der Waals surface area contributed by atoms with Crippen LogP contribution in [0.4, 0.5) is 0 Å². The first-order valence-electron chi connectivity index (χ1n) is 3.57. The van der Waals surface area contributed by atoms with Gasteiger partial charge >= 0.3 is 0 Å². The Bertz CT molecular complexity index is 109. The van der Waals surface area contributed by atoms with Crippen molar-refractivity contribution < 1.29 is 25.5 Å². The average Bonchev–Trinajstić information content (AvgIpc) is 2.12. The van der Waals surface area contributed by atoms with Crippen LogP contribution in [0.2, 0.25) is 0 Å². The minimum atomic E-state index is -1.59. The molecule has 0 fully saturated rings. The average molecular weight is 181 g/mol. The summed E-state index contributed by atoms with van der Waals surface area (Å²) in [6, 6.07) is 0. The minimum absolute atomic E-state index is 0.226. The summed E-state index contributed by atoms with van der Waals surface area (Å²) in [6.07, 6.45) is -5.91. The molecule has 0 aliphatic rings. The molecule has 0 saturated heterocycles. The van der Waals surface area contributed by atoms with Crippen molar-refractivity contribution in [2.24, 2.45) is 5.73 Å². The molecule has 0 aliphatic heterocycles. The molecule has 1 unspecified atom stereocenters. The highest BCUT2D eigenvalue weighted by Gasteiger charge is 2.28. The van der Waals surface area contributed by atoms with Crippen molar-refractivity contribution >= 4 is 0 Å². The van der Waals surface area contributed by atoms with Gasteiger partial charge in [-0.05, 0) is 0 Å². The van der Waals surface area contributed by atoms with Crippen molar-refractivity contribution in [1.82, 2.24) is 0 Å². The van der Waals surface area contributed by atoms with Gasteiger partial charge in [-0.2, -0.15) is 0 Å². The Morgan fingerprint density at radius 3 is 1.67 bits per heavy atom. The first-order valence-corrected chi connectivity index (χ1v) is 3.57. The van der Waals surface area contributed by atoms with E-state index in [4.69, 9.17) is 31.3 Å². The second-order valence-corrected chi connectivity index (χ2v) is 2.53. The topological polar surface area (TPSA) is 127 Å². The molecule has 0 amide bonds. The van der Waals surface area contributed by atoms with Gasteiger partial charge in [0.1, 0.15) is 18.3 Å². The van der Waals surface area contributed by atoms with E-state index in [0.717, 1.165) is 0 Å². The number of nitrogens with two attached hydrogens (primary N) is 1. The van der Waals surface area contributed by atoms with E-state index in [2.05, 4.69) is 0 Å². The van der Waals surface area contributed by atoms with Gasteiger partial charge in [0.2, 0.25) is 0 Å². The second kappa shape index (κ2) is 5.41. The van der Waals surface area contributed by atoms with E-state index in [9.17, 15) is 0 Å². The summed E-state index contributed by atoms with van der Waals surface area (Å²) >= 11 is 0. The van der Waals surface area contributed by atoms with E-state index in [-0.39, 0.29) is 6.54 Å². The normalized spacial score (nSPS) is 21.5. The van der Waals surface area contributed by atoms with Gasteiger partial charge in [0.25, 0.3) is 0 Å². The van der Waals surface area contributed by atoms with Crippen molar-refractivity contribution in [1.29, 1.82) is 0 Å². The van der Waals surface area contributed by atoms with Crippen molar-refractivity contribution in [3.05, 3.63) is 0 Å². The molecular formula is C6H15NO5. The molecule has 0 radical (unpaired) electrons. The predicted octanol–water partition coefficient (Wildman–Crippen LogP) is -3.62. The van der Waals surface area contributed by atoms with E-state index in [1.54, 1.807) is 0 Å². The van der Waals surface area contributed by atoms with Crippen LogP contribution < -0.4 is 5.73 Å². The summed E-state index contributed by atoms with van der Waals surface area (Å²) in [6.45, 7) is -0.911. The fourth-order valence-electron chi connectivity index (χ4n) is 0.703. The first-order chi connectivity index (χ1) is 5.54. The first kappa shape index (κ1) is 11.8. The van der Waals surface area contributed by atoms with Gasteiger partial charge in [-0.3, -0.25) is 0 Å². The van der Waals surface area contributed by atoms with Crippen LogP contribution in [0.1, 0.15) is 0 Å². The Hall–Kier alpha value is -0.240. The third kappa shape index (κ3) is 3.02. The molecule has 0 heterocycles. The summed E-state index contributed by atoms with van der Waals surface area (Å²) in [7, 11) is 0. The van der Waals surface area contributed by atoms with Gasteiger partial charge in [0.05, 0.1) is 12.7 Å². The maximum Gasteiger partial charge on any atom is 0.111 e. The standard InChI is InChI=1S/C6H15NO5/c7-1-3(9)5(11)6(12)4(10)2-8/h3-6,8-12H,1-2,7H2/t3-,4+,5+,6?/m0/s1. The SMILES string of the molecule is NC[C@H](O)[C@@H](O)C(O)[C@H](O)CO. The van der Waals surface area contributed by atoms with Crippen molar-refractivity contribution in [3.8, 4) is 0 Å². The van der Waals surface area contributed by atoms with E-state index in [1.807, 2.05) is 0 Å². The highest BCUT2D eigenvalue weighted by atomic mass is 16.4. The van der Waals surface area contributed by atoms with E-state index in [0.29, 0.717) is 0 Å². The number of aliphatic hydroxyl groups is 5. The fourth-order valence-corrected chi connectivity index (χ4v) is 0.703. The van der Waals surface area contributed by atoms with Gasteiger partial charge in [-0.1, -0.05) is 0 Å². The lowest BCUT2D eigenvalue weighted by molar-refractivity contribution is -0.112. The molecule has 6 nitrogen and oxygen atoms in total. The lowest BCUT2D eigenvalue weighted by atomic mass is 10.0. The van der Waals surface area contributed by atoms with Gasteiger partial charge in [-0.25, -0.2) is 0 Å². The highest BCUT2D eigenvalue weighted by molar-refractivity contribution is 4.80. The monoisotopic (exact) mass is 181 g/mol. The molecule has 0 bridgehead atoms. The van der Waals surface area contributed by atoms with Gasteiger partial charge in [0, 0.05) is 6.54 Å². The Balaban J connectivity index is 3.99. The Labute approximate surface area is 69.9 Å². The third-order valence-electron chi connectivity index (χ3n) is 1.57. The zero-order valence-electron chi connectivity index (χ0n) is 6.54. The molecule has 6 heteroatoms. The van der Waals surface area contributed by atoms with Crippen LogP contribution in [0.5, 0.6) is 0 Å². The summed E-state index contributed by atoms with van der Waals surface area (Å²) in [4.78, 5) is 0. The zero-order valence-corrected chi connectivity index (χ0v) is 6.54. The second-order valence-electron chi connectivity index (χ2n) is 2.53. The fraction of sp³-hybridized carbons (Fsp3) is 1.00. The van der Waals surface area contributed by atoms with Crippen LogP contribution in [-0.4, -0.2) is 63.1 Å². The maximum absolute atomic E-state index is 9.04. The molecule has 12 heavy (non-hydrogen) atoms. The van der Waals surface area contributed by atoms with Crippen LogP contribution >= 0.6 is 0 Å².